The van der Waals surface area contributed by atoms with Gasteiger partial charge in [-0.05, 0) is 49.2 Å². The Morgan fingerprint density at radius 2 is 1.80 bits per heavy atom. The maximum atomic E-state index is 13.5. The minimum Gasteiger partial charge on any atom is -0.330 e. The first kappa shape index (κ1) is 22.2. The fourth-order valence-corrected chi connectivity index (χ4v) is 3.79. The molecule has 1 heterocycles. The topological polar surface area (TPSA) is 55.2 Å². The van der Waals surface area contributed by atoms with Gasteiger partial charge in [-0.1, -0.05) is 49.2 Å². The Morgan fingerprint density at radius 1 is 1.13 bits per heavy atom. The third-order valence-corrected chi connectivity index (χ3v) is 5.26. The van der Waals surface area contributed by atoms with E-state index >= 15 is 0 Å². The number of nitrogens with zero attached hydrogens (tertiary/aromatic N) is 3. The van der Waals surface area contributed by atoms with Gasteiger partial charge >= 0.3 is 0 Å². The van der Waals surface area contributed by atoms with Gasteiger partial charge in [0.1, 0.15) is 11.6 Å². The summed E-state index contributed by atoms with van der Waals surface area (Å²) in [7, 11) is 0. The van der Waals surface area contributed by atoms with Gasteiger partial charge in [-0.15, -0.1) is 0 Å². The van der Waals surface area contributed by atoms with Crippen molar-refractivity contribution in [3.63, 3.8) is 0 Å². The molecule has 0 aliphatic rings. The molecule has 1 aromatic heterocycles. The van der Waals surface area contributed by atoms with Gasteiger partial charge in [-0.3, -0.25) is 14.2 Å². The smallest absolute Gasteiger partial charge is 0.266 e. The van der Waals surface area contributed by atoms with Crippen LogP contribution in [-0.4, -0.2) is 31.7 Å². The summed E-state index contributed by atoms with van der Waals surface area (Å²) in [5.74, 6) is -0.479. The van der Waals surface area contributed by atoms with Crippen molar-refractivity contribution in [1.82, 2.24) is 14.5 Å². The lowest BCUT2D eigenvalue weighted by atomic mass is 10.1. The molecule has 1 unspecified atom stereocenters. The van der Waals surface area contributed by atoms with Crippen molar-refractivity contribution >= 4 is 40.0 Å². The quantitative estimate of drug-likeness (QED) is 0.475. The summed E-state index contributed by atoms with van der Waals surface area (Å²) in [4.78, 5) is 31.2. The first-order chi connectivity index (χ1) is 14.4. The Hall–Kier alpha value is -2.44. The lowest BCUT2D eigenvalue weighted by Gasteiger charge is -2.32. The van der Waals surface area contributed by atoms with Crippen molar-refractivity contribution in [2.45, 2.75) is 37.6 Å². The van der Waals surface area contributed by atoms with Gasteiger partial charge in [-0.2, -0.15) is 0 Å². The SMILES string of the molecule is CCCN(C(=O)C(Cl)Cl)C(CC)c1nc2ccccc2c(=O)n1-c1ccc(F)cc1. The highest BCUT2D eigenvalue weighted by Gasteiger charge is 2.31. The van der Waals surface area contributed by atoms with E-state index in [0.29, 0.717) is 41.8 Å². The molecule has 0 radical (unpaired) electrons. The summed E-state index contributed by atoms with van der Waals surface area (Å²) in [5, 5.41) is 0.432. The Labute approximate surface area is 184 Å². The molecule has 3 aromatic rings. The number of carbonyl (C=O) groups is 1. The molecule has 5 nitrogen and oxygen atoms in total. The summed E-state index contributed by atoms with van der Waals surface area (Å²) < 4.78 is 15.0. The van der Waals surface area contributed by atoms with Crippen molar-refractivity contribution in [3.05, 3.63) is 70.5 Å². The number of benzene rings is 2. The van der Waals surface area contributed by atoms with E-state index in [9.17, 15) is 14.0 Å². The van der Waals surface area contributed by atoms with Gasteiger partial charge in [0, 0.05) is 6.54 Å². The van der Waals surface area contributed by atoms with Crippen LogP contribution in [0, 0.1) is 5.82 Å². The van der Waals surface area contributed by atoms with Crippen LogP contribution >= 0.6 is 23.2 Å². The number of amides is 1. The molecule has 1 atom stereocenters. The van der Waals surface area contributed by atoms with Crippen LogP contribution in [-0.2, 0) is 4.79 Å². The average molecular weight is 450 g/mol. The van der Waals surface area contributed by atoms with Crippen molar-refractivity contribution in [2.24, 2.45) is 0 Å². The molecule has 0 bridgehead atoms. The predicted octanol–water partition coefficient (Wildman–Crippen LogP) is 5.02. The van der Waals surface area contributed by atoms with Crippen LogP contribution in [0.15, 0.2) is 53.3 Å². The van der Waals surface area contributed by atoms with Gasteiger partial charge in [-0.25, -0.2) is 9.37 Å². The van der Waals surface area contributed by atoms with E-state index in [2.05, 4.69) is 0 Å². The van der Waals surface area contributed by atoms with Gasteiger partial charge in [0.05, 0.1) is 22.6 Å². The molecule has 3 rings (SSSR count). The highest BCUT2D eigenvalue weighted by molar-refractivity contribution is 6.53. The van der Waals surface area contributed by atoms with Crippen molar-refractivity contribution < 1.29 is 9.18 Å². The summed E-state index contributed by atoms with van der Waals surface area (Å²) in [6.07, 6.45) is 1.16. The molecule has 0 saturated heterocycles. The van der Waals surface area contributed by atoms with Gasteiger partial charge in [0.2, 0.25) is 0 Å². The minimum atomic E-state index is -1.22. The largest absolute Gasteiger partial charge is 0.330 e. The van der Waals surface area contributed by atoms with Crippen LogP contribution in [0.2, 0.25) is 0 Å². The van der Waals surface area contributed by atoms with Crippen molar-refractivity contribution in [3.8, 4) is 5.69 Å². The summed E-state index contributed by atoms with van der Waals surface area (Å²) in [5.41, 5.74) is 0.689. The zero-order valence-corrected chi connectivity index (χ0v) is 18.2. The summed E-state index contributed by atoms with van der Waals surface area (Å²) in [6, 6.07) is 12.1. The molecule has 2 aromatic carbocycles. The van der Waals surface area contributed by atoms with E-state index in [1.54, 1.807) is 29.2 Å². The second kappa shape index (κ2) is 9.58. The highest BCUT2D eigenvalue weighted by Crippen LogP contribution is 2.28. The van der Waals surface area contributed by atoms with E-state index < -0.39 is 22.6 Å². The molecular weight excluding hydrogens is 428 g/mol. The van der Waals surface area contributed by atoms with Crippen LogP contribution in [0.25, 0.3) is 16.6 Å². The second-order valence-electron chi connectivity index (χ2n) is 6.86. The first-order valence-corrected chi connectivity index (χ1v) is 10.6. The molecule has 1 amide bonds. The van der Waals surface area contributed by atoms with Crippen molar-refractivity contribution in [1.29, 1.82) is 0 Å². The number of rotatable bonds is 7. The third kappa shape index (κ3) is 4.35. The summed E-state index contributed by atoms with van der Waals surface area (Å²) in [6.45, 7) is 4.24. The first-order valence-electron chi connectivity index (χ1n) is 9.75. The molecule has 0 aliphatic heterocycles. The molecule has 8 heteroatoms. The molecular formula is C22H22Cl2FN3O2. The maximum absolute atomic E-state index is 13.5. The van der Waals surface area contributed by atoms with Crippen molar-refractivity contribution in [2.75, 3.05) is 6.54 Å². The van der Waals surface area contributed by atoms with Crippen LogP contribution in [0.1, 0.15) is 38.6 Å². The Bertz CT molecular complexity index is 1100. The van der Waals surface area contributed by atoms with E-state index in [0.717, 1.165) is 0 Å². The van der Waals surface area contributed by atoms with E-state index in [4.69, 9.17) is 28.2 Å². The zero-order valence-electron chi connectivity index (χ0n) is 16.7. The molecule has 0 spiro atoms. The van der Waals surface area contributed by atoms with Crippen LogP contribution in [0.4, 0.5) is 4.39 Å². The Balaban J connectivity index is 2.31. The lowest BCUT2D eigenvalue weighted by molar-refractivity contribution is -0.132. The number of halogens is 3. The van der Waals surface area contributed by atoms with Crippen LogP contribution in [0.5, 0.6) is 0 Å². The van der Waals surface area contributed by atoms with Gasteiger partial charge in [0.15, 0.2) is 4.84 Å². The molecule has 30 heavy (non-hydrogen) atoms. The standard InChI is InChI=1S/C22H22Cl2FN3O2/c1-3-13-27(22(30)19(23)24)18(4-2)20-26-17-8-6-5-7-16(17)21(29)28(20)15-11-9-14(25)10-12-15/h5-12,18-19H,3-4,13H2,1-2H3. The molecule has 158 valence electrons. The average Bonchev–Trinajstić information content (AvgIpc) is 2.74. The van der Waals surface area contributed by atoms with Crippen LogP contribution in [0.3, 0.4) is 0 Å². The maximum Gasteiger partial charge on any atom is 0.266 e. The Kier molecular flexibility index (Phi) is 7.10. The number of aromatic nitrogens is 2. The Morgan fingerprint density at radius 3 is 2.40 bits per heavy atom. The monoisotopic (exact) mass is 449 g/mol. The molecule has 0 aliphatic carbocycles. The zero-order chi connectivity index (χ0) is 21.8. The van der Waals surface area contributed by atoms with E-state index in [1.165, 1.54) is 28.8 Å². The number of fused-ring (bicyclic) bond motifs is 1. The van der Waals surface area contributed by atoms with E-state index in [1.807, 2.05) is 13.8 Å². The number of hydrogen-bond acceptors (Lipinski definition) is 3. The summed E-state index contributed by atoms with van der Waals surface area (Å²) >= 11 is 11.8. The number of hydrogen-bond donors (Lipinski definition) is 0. The van der Waals surface area contributed by atoms with Gasteiger partial charge < -0.3 is 4.90 Å². The van der Waals surface area contributed by atoms with E-state index in [-0.39, 0.29) is 5.56 Å². The molecule has 0 saturated carbocycles. The van der Waals surface area contributed by atoms with Gasteiger partial charge in [0.25, 0.3) is 11.5 Å². The highest BCUT2D eigenvalue weighted by atomic mass is 35.5. The number of carbonyl (C=O) groups excluding carboxylic acids is 1. The fraction of sp³-hybridized carbons (Fsp3) is 0.318. The molecule has 0 N–H and O–H groups in total. The predicted molar refractivity (Wildman–Crippen MR) is 118 cm³/mol. The normalized spacial score (nSPS) is 12.3. The second-order valence-corrected chi connectivity index (χ2v) is 7.96. The number of alkyl halides is 2. The number of para-hydroxylation sites is 1. The fourth-order valence-electron chi connectivity index (χ4n) is 3.54. The van der Waals surface area contributed by atoms with Crippen LogP contribution < -0.4 is 5.56 Å². The molecule has 0 fully saturated rings. The third-order valence-electron chi connectivity index (χ3n) is 4.88. The minimum absolute atomic E-state index is 0.294. The lowest BCUT2D eigenvalue weighted by Crippen LogP contribution is -2.41.